The lowest BCUT2D eigenvalue weighted by atomic mass is 10.1. The molecule has 2 aromatic rings. The first-order valence-electron chi connectivity index (χ1n) is 8.40. The van der Waals surface area contributed by atoms with Crippen LogP contribution in [-0.4, -0.2) is 35.6 Å². The van der Waals surface area contributed by atoms with Crippen LogP contribution in [0, 0.1) is 10.1 Å². The molecule has 138 valence electrons. The van der Waals surface area contributed by atoms with Crippen molar-refractivity contribution >= 4 is 17.3 Å². The van der Waals surface area contributed by atoms with Crippen molar-refractivity contribution in [2.75, 3.05) is 18.6 Å². The van der Waals surface area contributed by atoms with Crippen molar-refractivity contribution in [3.05, 3.63) is 69.8 Å². The Morgan fingerprint density at radius 2 is 1.96 bits per heavy atom. The van der Waals surface area contributed by atoms with Gasteiger partial charge in [-0.3, -0.25) is 14.9 Å². The predicted octanol–water partition coefficient (Wildman–Crippen LogP) is 2.73. The summed E-state index contributed by atoms with van der Waals surface area (Å²) in [4.78, 5) is 24.8. The van der Waals surface area contributed by atoms with Gasteiger partial charge in [0.15, 0.2) is 0 Å². The second kappa shape index (κ2) is 8.96. The third-order valence-corrected chi connectivity index (χ3v) is 4.25. The van der Waals surface area contributed by atoms with Crippen molar-refractivity contribution < 1.29 is 14.8 Å². The molecule has 0 aliphatic rings. The summed E-state index contributed by atoms with van der Waals surface area (Å²) in [6.07, 6.45) is 0.473. The molecule has 2 N–H and O–H groups in total. The van der Waals surface area contributed by atoms with Crippen molar-refractivity contribution in [3.8, 4) is 0 Å². The SMILES string of the molecule is CNC(=O)c1ccc(N(Cc2ccccc2)[C@H](C)CCO)c([N+](=O)[O-])c1. The summed E-state index contributed by atoms with van der Waals surface area (Å²) >= 11 is 0. The van der Waals surface area contributed by atoms with Crippen LogP contribution in [-0.2, 0) is 6.54 Å². The van der Waals surface area contributed by atoms with Crippen molar-refractivity contribution in [2.45, 2.75) is 25.9 Å². The fourth-order valence-corrected chi connectivity index (χ4v) is 2.80. The van der Waals surface area contributed by atoms with Crippen molar-refractivity contribution in [3.63, 3.8) is 0 Å². The van der Waals surface area contributed by atoms with Crippen molar-refractivity contribution in [2.24, 2.45) is 0 Å². The van der Waals surface area contributed by atoms with Gasteiger partial charge in [0.25, 0.3) is 11.6 Å². The molecule has 0 bridgehead atoms. The predicted molar refractivity (Wildman–Crippen MR) is 100 cm³/mol. The van der Waals surface area contributed by atoms with Gasteiger partial charge in [-0.25, -0.2) is 0 Å². The first-order chi connectivity index (χ1) is 12.5. The van der Waals surface area contributed by atoms with Crippen LogP contribution < -0.4 is 10.2 Å². The monoisotopic (exact) mass is 357 g/mol. The molecule has 0 aliphatic heterocycles. The van der Waals surface area contributed by atoms with Crippen molar-refractivity contribution in [1.29, 1.82) is 0 Å². The van der Waals surface area contributed by atoms with E-state index in [4.69, 9.17) is 0 Å². The van der Waals surface area contributed by atoms with Gasteiger partial charge >= 0.3 is 0 Å². The molecule has 0 fully saturated rings. The van der Waals surface area contributed by atoms with E-state index in [1.807, 2.05) is 42.2 Å². The van der Waals surface area contributed by atoms with E-state index in [9.17, 15) is 20.0 Å². The molecule has 0 unspecified atom stereocenters. The van der Waals surface area contributed by atoms with Crippen LogP contribution in [0.25, 0.3) is 0 Å². The minimum Gasteiger partial charge on any atom is -0.396 e. The molecular weight excluding hydrogens is 334 g/mol. The first kappa shape index (κ1) is 19.4. The number of anilines is 1. The second-order valence-corrected chi connectivity index (χ2v) is 6.01. The fourth-order valence-electron chi connectivity index (χ4n) is 2.80. The Bertz CT molecular complexity index is 765. The molecule has 2 rings (SSSR count). The maximum absolute atomic E-state index is 11.8. The molecular formula is C19H23N3O4. The zero-order valence-corrected chi connectivity index (χ0v) is 14.9. The Hall–Kier alpha value is -2.93. The number of rotatable bonds is 8. The Balaban J connectivity index is 2.48. The summed E-state index contributed by atoms with van der Waals surface area (Å²) in [7, 11) is 1.48. The molecule has 0 aromatic heterocycles. The third kappa shape index (κ3) is 4.58. The standard InChI is InChI=1S/C19H23N3O4/c1-14(10-11-23)21(13-15-6-4-3-5-7-15)17-9-8-16(19(24)20-2)12-18(17)22(25)26/h3-9,12,14,23H,10-11,13H2,1-2H3,(H,20,24)/t14-/m1/s1. The van der Waals surface area contributed by atoms with Crippen molar-refractivity contribution in [1.82, 2.24) is 5.32 Å². The minimum absolute atomic E-state index is 0.0173. The van der Waals surface area contributed by atoms with Crippen LogP contribution in [0.1, 0.15) is 29.3 Å². The average molecular weight is 357 g/mol. The number of nitro groups is 1. The molecule has 2 aromatic carbocycles. The first-order valence-corrected chi connectivity index (χ1v) is 8.40. The number of hydrogen-bond acceptors (Lipinski definition) is 5. The van der Waals surface area contributed by atoms with Gasteiger partial charge in [0.1, 0.15) is 5.69 Å². The van der Waals surface area contributed by atoms with Gasteiger partial charge in [-0.05, 0) is 31.0 Å². The quantitative estimate of drug-likeness (QED) is 0.559. The molecule has 1 amide bonds. The topological polar surface area (TPSA) is 95.7 Å². The Kier molecular flexibility index (Phi) is 6.68. The number of aliphatic hydroxyl groups excluding tert-OH is 1. The molecule has 0 spiro atoms. The Labute approximate surface area is 152 Å². The van der Waals surface area contributed by atoms with Gasteiger partial charge in [0, 0.05) is 37.9 Å². The lowest BCUT2D eigenvalue weighted by molar-refractivity contribution is -0.384. The highest BCUT2D eigenvalue weighted by molar-refractivity contribution is 5.95. The maximum atomic E-state index is 11.8. The van der Waals surface area contributed by atoms with E-state index < -0.39 is 4.92 Å². The van der Waals surface area contributed by atoms with Gasteiger partial charge < -0.3 is 15.3 Å². The van der Waals surface area contributed by atoms with E-state index in [0.717, 1.165) is 5.56 Å². The van der Waals surface area contributed by atoms with Gasteiger partial charge in [0.05, 0.1) is 4.92 Å². The molecule has 0 radical (unpaired) electrons. The summed E-state index contributed by atoms with van der Waals surface area (Å²) in [6.45, 7) is 2.36. The fraction of sp³-hybridized carbons (Fsp3) is 0.316. The number of carbonyl (C=O) groups is 1. The normalized spacial score (nSPS) is 11.7. The average Bonchev–Trinajstić information content (AvgIpc) is 2.66. The second-order valence-electron chi connectivity index (χ2n) is 6.01. The number of hydrogen-bond donors (Lipinski definition) is 2. The number of amides is 1. The summed E-state index contributed by atoms with van der Waals surface area (Å²) in [6, 6.07) is 14.0. The van der Waals surface area contributed by atoms with Crippen LogP contribution in [0.2, 0.25) is 0 Å². The molecule has 1 atom stereocenters. The number of benzene rings is 2. The van der Waals surface area contributed by atoms with Crippen LogP contribution in [0.4, 0.5) is 11.4 Å². The number of nitro benzene ring substituents is 1. The molecule has 7 heteroatoms. The largest absolute Gasteiger partial charge is 0.396 e. The maximum Gasteiger partial charge on any atom is 0.293 e. The van der Waals surface area contributed by atoms with Crippen LogP contribution in [0.3, 0.4) is 0 Å². The van der Waals surface area contributed by atoms with Crippen LogP contribution in [0.15, 0.2) is 48.5 Å². The summed E-state index contributed by atoms with van der Waals surface area (Å²) in [5, 5.41) is 23.4. The summed E-state index contributed by atoms with van der Waals surface area (Å²) in [5.41, 5.74) is 1.53. The third-order valence-electron chi connectivity index (χ3n) is 4.25. The van der Waals surface area contributed by atoms with Crippen LogP contribution in [0.5, 0.6) is 0 Å². The highest BCUT2D eigenvalue weighted by atomic mass is 16.6. The van der Waals surface area contributed by atoms with Gasteiger partial charge in [0.2, 0.25) is 0 Å². The number of aliphatic hydroxyl groups is 1. The van der Waals surface area contributed by atoms with E-state index in [1.54, 1.807) is 12.1 Å². The molecule has 0 saturated carbocycles. The zero-order chi connectivity index (χ0) is 19.1. The molecule has 7 nitrogen and oxygen atoms in total. The van der Waals surface area contributed by atoms with Gasteiger partial charge in [-0.2, -0.15) is 0 Å². The van der Waals surface area contributed by atoms with Gasteiger partial charge in [-0.1, -0.05) is 30.3 Å². The minimum atomic E-state index is -0.481. The smallest absolute Gasteiger partial charge is 0.293 e. The highest BCUT2D eigenvalue weighted by Gasteiger charge is 2.25. The summed E-state index contributed by atoms with van der Waals surface area (Å²) < 4.78 is 0. The molecule has 0 saturated heterocycles. The van der Waals surface area contributed by atoms with E-state index in [2.05, 4.69) is 5.32 Å². The molecule has 26 heavy (non-hydrogen) atoms. The Morgan fingerprint density at radius 1 is 1.27 bits per heavy atom. The van der Waals surface area contributed by atoms with E-state index in [0.29, 0.717) is 18.7 Å². The number of nitrogens with zero attached hydrogens (tertiary/aromatic N) is 2. The molecule has 0 aliphatic carbocycles. The number of nitrogens with one attached hydrogen (secondary N) is 1. The van der Waals surface area contributed by atoms with E-state index >= 15 is 0 Å². The van der Waals surface area contributed by atoms with E-state index in [1.165, 1.54) is 13.1 Å². The lowest BCUT2D eigenvalue weighted by Gasteiger charge is -2.31. The van der Waals surface area contributed by atoms with Gasteiger partial charge in [-0.15, -0.1) is 0 Å². The molecule has 0 heterocycles. The van der Waals surface area contributed by atoms with Crippen LogP contribution >= 0.6 is 0 Å². The Morgan fingerprint density at radius 3 is 2.54 bits per heavy atom. The summed E-state index contributed by atoms with van der Waals surface area (Å²) in [5.74, 6) is -0.377. The number of carbonyl (C=O) groups excluding carboxylic acids is 1. The van der Waals surface area contributed by atoms with E-state index in [-0.39, 0.29) is 29.8 Å². The lowest BCUT2D eigenvalue weighted by Crippen LogP contribution is -2.34. The highest BCUT2D eigenvalue weighted by Crippen LogP contribution is 2.32. The zero-order valence-electron chi connectivity index (χ0n) is 14.9.